The van der Waals surface area contributed by atoms with Crippen LogP contribution in [0, 0.1) is 0 Å². The maximum absolute atomic E-state index is 12.9. The van der Waals surface area contributed by atoms with E-state index in [9.17, 15) is 14.4 Å². The summed E-state index contributed by atoms with van der Waals surface area (Å²) < 4.78 is 16.9. The molecule has 0 rings (SSSR count). The second-order valence-corrected chi connectivity index (χ2v) is 19.9. The molecule has 0 amide bonds. The molecule has 0 spiro atoms. The molecule has 0 saturated heterocycles. The average Bonchev–Trinajstić information content (AvgIpc) is 3.38. The summed E-state index contributed by atoms with van der Waals surface area (Å²) in [6.45, 7) is 6.48. The minimum atomic E-state index is -0.791. The van der Waals surface area contributed by atoms with Crippen LogP contribution in [0.15, 0.2) is 97.2 Å². The maximum atomic E-state index is 12.9. The van der Waals surface area contributed by atoms with Gasteiger partial charge in [0.2, 0.25) is 0 Å². The molecule has 0 aliphatic rings. The van der Waals surface area contributed by atoms with Crippen molar-refractivity contribution in [1.29, 1.82) is 0 Å². The molecule has 0 radical (unpaired) electrons. The molecule has 0 N–H and O–H groups in total. The van der Waals surface area contributed by atoms with E-state index in [0.717, 1.165) is 116 Å². The molecular weight excluding hydrogens is 889 g/mol. The summed E-state index contributed by atoms with van der Waals surface area (Å²) in [5, 5.41) is 0. The summed E-state index contributed by atoms with van der Waals surface area (Å²) in [7, 11) is 0. The molecule has 1 unspecified atom stereocenters. The zero-order chi connectivity index (χ0) is 52.2. The Morgan fingerprint density at radius 1 is 0.292 bits per heavy atom. The largest absolute Gasteiger partial charge is 0.462 e. The fraction of sp³-hybridized carbons (Fsp3) is 0.712. The van der Waals surface area contributed by atoms with Crippen molar-refractivity contribution in [2.24, 2.45) is 0 Å². The first kappa shape index (κ1) is 68.3. The van der Waals surface area contributed by atoms with Crippen LogP contribution in [0.25, 0.3) is 0 Å². The fourth-order valence-electron chi connectivity index (χ4n) is 8.26. The van der Waals surface area contributed by atoms with Crippen LogP contribution in [0.1, 0.15) is 284 Å². The third-order valence-electron chi connectivity index (χ3n) is 12.8. The van der Waals surface area contributed by atoms with E-state index in [1.807, 2.05) is 0 Å². The van der Waals surface area contributed by atoms with Crippen molar-refractivity contribution in [2.45, 2.75) is 290 Å². The van der Waals surface area contributed by atoms with Gasteiger partial charge < -0.3 is 14.2 Å². The first-order chi connectivity index (χ1) is 35.5. The number of rotatable bonds is 54. The van der Waals surface area contributed by atoms with Crippen LogP contribution in [0.2, 0.25) is 0 Å². The van der Waals surface area contributed by atoms with Gasteiger partial charge in [0.05, 0.1) is 0 Å². The molecule has 0 heterocycles. The van der Waals surface area contributed by atoms with E-state index in [0.29, 0.717) is 19.3 Å². The van der Waals surface area contributed by atoms with Gasteiger partial charge in [-0.05, 0) is 122 Å². The summed E-state index contributed by atoms with van der Waals surface area (Å²) in [4.78, 5) is 38.2. The first-order valence-corrected chi connectivity index (χ1v) is 30.2. The van der Waals surface area contributed by atoms with Crippen molar-refractivity contribution in [2.75, 3.05) is 13.2 Å². The third-order valence-corrected chi connectivity index (χ3v) is 12.8. The zero-order valence-electron chi connectivity index (χ0n) is 47.2. The highest BCUT2D eigenvalue weighted by atomic mass is 16.6. The summed E-state index contributed by atoms with van der Waals surface area (Å²) in [5.41, 5.74) is 0. The molecule has 412 valence electrons. The van der Waals surface area contributed by atoms with E-state index in [1.165, 1.54) is 128 Å². The van der Waals surface area contributed by atoms with Crippen LogP contribution in [-0.4, -0.2) is 37.2 Å². The maximum Gasteiger partial charge on any atom is 0.306 e. The van der Waals surface area contributed by atoms with Gasteiger partial charge in [-0.25, -0.2) is 0 Å². The van der Waals surface area contributed by atoms with Gasteiger partial charge in [-0.1, -0.05) is 240 Å². The number of allylic oxidation sites excluding steroid dienone is 16. The smallest absolute Gasteiger partial charge is 0.306 e. The average molecular weight is 1000 g/mol. The van der Waals surface area contributed by atoms with Gasteiger partial charge in [-0.15, -0.1) is 0 Å². The number of carbonyl (C=O) groups excluding carboxylic acids is 3. The van der Waals surface area contributed by atoms with Gasteiger partial charge >= 0.3 is 17.9 Å². The fourth-order valence-corrected chi connectivity index (χ4v) is 8.26. The van der Waals surface area contributed by atoms with Crippen LogP contribution in [-0.2, 0) is 28.6 Å². The lowest BCUT2D eigenvalue weighted by atomic mass is 10.1. The van der Waals surface area contributed by atoms with Crippen LogP contribution < -0.4 is 0 Å². The molecule has 0 aromatic heterocycles. The van der Waals surface area contributed by atoms with Gasteiger partial charge in [0.25, 0.3) is 0 Å². The Balaban J connectivity index is 4.40. The minimum absolute atomic E-state index is 0.0885. The second-order valence-electron chi connectivity index (χ2n) is 19.9. The third kappa shape index (κ3) is 57.2. The van der Waals surface area contributed by atoms with E-state index in [4.69, 9.17) is 14.2 Å². The van der Waals surface area contributed by atoms with E-state index < -0.39 is 6.10 Å². The summed E-state index contributed by atoms with van der Waals surface area (Å²) >= 11 is 0. The molecule has 0 fully saturated rings. The predicted octanol–water partition coefficient (Wildman–Crippen LogP) is 20.5. The number of carbonyl (C=O) groups is 3. The SMILES string of the molecule is CC/C=C\C/C=C\C/C=C\C/C=C\C/C=C\CCCCCCCCCC(=O)OCC(COC(=O)CCCCCCC/C=C\CCCCCCC)OC(=O)CCCCCCCCC/C=C\C/C=C\CCCCC. The Morgan fingerprint density at radius 3 is 0.889 bits per heavy atom. The Bertz CT molecular complexity index is 1430. The lowest BCUT2D eigenvalue weighted by molar-refractivity contribution is -0.167. The number of ether oxygens (including phenoxy) is 3. The van der Waals surface area contributed by atoms with E-state index in [-0.39, 0.29) is 31.1 Å². The summed E-state index contributed by atoms with van der Waals surface area (Å²) in [5.74, 6) is -0.909. The molecule has 0 aromatic rings. The van der Waals surface area contributed by atoms with E-state index in [2.05, 4.69) is 118 Å². The molecule has 0 aliphatic heterocycles. The highest BCUT2D eigenvalue weighted by molar-refractivity contribution is 5.71. The molecule has 0 aromatic carbocycles. The Morgan fingerprint density at radius 2 is 0.542 bits per heavy atom. The lowest BCUT2D eigenvalue weighted by Gasteiger charge is -2.18. The lowest BCUT2D eigenvalue weighted by Crippen LogP contribution is -2.30. The number of esters is 3. The van der Waals surface area contributed by atoms with Gasteiger partial charge in [-0.3, -0.25) is 14.4 Å². The molecule has 6 heteroatoms. The van der Waals surface area contributed by atoms with Gasteiger partial charge in [0, 0.05) is 19.3 Å². The zero-order valence-corrected chi connectivity index (χ0v) is 47.2. The molecule has 6 nitrogen and oxygen atoms in total. The summed E-state index contributed by atoms with van der Waals surface area (Å²) in [6, 6.07) is 0. The van der Waals surface area contributed by atoms with Crippen molar-refractivity contribution in [3.05, 3.63) is 97.2 Å². The Hall–Kier alpha value is -3.67. The van der Waals surface area contributed by atoms with Gasteiger partial charge in [0.1, 0.15) is 13.2 Å². The van der Waals surface area contributed by atoms with Crippen LogP contribution in [0.5, 0.6) is 0 Å². The topological polar surface area (TPSA) is 78.9 Å². The first-order valence-electron chi connectivity index (χ1n) is 30.2. The minimum Gasteiger partial charge on any atom is -0.462 e. The Kier molecular flexibility index (Phi) is 56.8. The standard InChI is InChI=1S/C66H112O6/c1-4-7-10-13-16-19-22-25-28-30-31-32-33-34-35-37-38-41-44-47-50-53-56-59-65(68)71-62-63(61-70-64(67)58-55-52-49-46-43-40-27-24-21-18-15-12-9-6-3)72-66(69)60-57-54-51-48-45-42-39-36-29-26-23-20-17-14-11-8-5-2/h7,10,16-17,19-20,24-29,31-32,34-35,63H,4-6,8-9,11-15,18,21-23,30,33,36-62H2,1-3H3/b10-7-,19-16-,20-17-,27-24-,28-25-,29-26-,32-31-,35-34-. The summed E-state index contributed by atoms with van der Waals surface area (Å²) in [6.07, 6.45) is 79.6. The van der Waals surface area contributed by atoms with E-state index >= 15 is 0 Å². The van der Waals surface area contributed by atoms with Crippen LogP contribution >= 0.6 is 0 Å². The monoisotopic (exact) mass is 1000 g/mol. The van der Waals surface area contributed by atoms with Crippen molar-refractivity contribution in [1.82, 2.24) is 0 Å². The highest BCUT2D eigenvalue weighted by Crippen LogP contribution is 2.15. The molecule has 1 atom stereocenters. The molecule has 72 heavy (non-hydrogen) atoms. The second kappa shape index (κ2) is 59.9. The number of unbranched alkanes of at least 4 members (excludes halogenated alkanes) is 27. The highest BCUT2D eigenvalue weighted by Gasteiger charge is 2.19. The molecule has 0 saturated carbocycles. The predicted molar refractivity (Wildman–Crippen MR) is 311 cm³/mol. The molecule has 0 aliphatic carbocycles. The van der Waals surface area contributed by atoms with E-state index in [1.54, 1.807) is 0 Å². The quantitative estimate of drug-likeness (QED) is 0.0261. The van der Waals surface area contributed by atoms with Crippen molar-refractivity contribution >= 4 is 17.9 Å². The molecular formula is C66H112O6. The van der Waals surface area contributed by atoms with Crippen LogP contribution in [0.3, 0.4) is 0 Å². The van der Waals surface area contributed by atoms with Crippen molar-refractivity contribution in [3.8, 4) is 0 Å². The van der Waals surface area contributed by atoms with Crippen LogP contribution in [0.4, 0.5) is 0 Å². The Labute approximate surface area is 445 Å². The van der Waals surface area contributed by atoms with Crippen molar-refractivity contribution < 1.29 is 28.6 Å². The normalized spacial score (nSPS) is 12.8. The van der Waals surface area contributed by atoms with Gasteiger partial charge in [-0.2, -0.15) is 0 Å². The van der Waals surface area contributed by atoms with Gasteiger partial charge in [0.15, 0.2) is 6.10 Å². The molecule has 0 bridgehead atoms. The number of hydrogen-bond donors (Lipinski definition) is 0. The number of hydrogen-bond acceptors (Lipinski definition) is 6. The van der Waals surface area contributed by atoms with Crippen molar-refractivity contribution in [3.63, 3.8) is 0 Å².